The number of aryl methyl sites for hydroxylation is 1. The van der Waals surface area contributed by atoms with Gasteiger partial charge in [-0.1, -0.05) is 30.3 Å². The highest BCUT2D eigenvalue weighted by molar-refractivity contribution is 6.01. The van der Waals surface area contributed by atoms with Gasteiger partial charge in [0.15, 0.2) is 5.65 Å². The van der Waals surface area contributed by atoms with Crippen molar-refractivity contribution in [1.82, 2.24) is 14.8 Å². The fourth-order valence-electron chi connectivity index (χ4n) is 2.22. The summed E-state index contributed by atoms with van der Waals surface area (Å²) in [5.41, 5.74) is 2.61. The fraction of sp³-hybridized carbons (Fsp3) is 0.133. The van der Waals surface area contributed by atoms with Crippen molar-refractivity contribution in [3.63, 3.8) is 0 Å². The molecular formula is C15H13N3O2. The summed E-state index contributed by atoms with van der Waals surface area (Å²) in [5.74, 6) is -0.959. The Morgan fingerprint density at radius 3 is 2.75 bits per heavy atom. The molecule has 0 spiro atoms. The second-order valence-electron chi connectivity index (χ2n) is 4.64. The van der Waals surface area contributed by atoms with Crippen LogP contribution in [-0.4, -0.2) is 25.8 Å². The van der Waals surface area contributed by atoms with Crippen molar-refractivity contribution >= 4 is 17.0 Å². The lowest BCUT2D eigenvalue weighted by molar-refractivity contribution is 0.0699. The van der Waals surface area contributed by atoms with E-state index in [4.69, 9.17) is 0 Å². The van der Waals surface area contributed by atoms with Crippen LogP contribution in [0.1, 0.15) is 21.6 Å². The van der Waals surface area contributed by atoms with E-state index in [1.54, 1.807) is 23.9 Å². The largest absolute Gasteiger partial charge is 0.478 e. The minimum Gasteiger partial charge on any atom is -0.478 e. The zero-order chi connectivity index (χ0) is 14.1. The van der Waals surface area contributed by atoms with E-state index in [2.05, 4.69) is 10.1 Å². The molecule has 0 saturated carbocycles. The molecule has 5 heteroatoms. The van der Waals surface area contributed by atoms with Gasteiger partial charge in [0, 0.05) is 5.69 Å². The number of benzene rings is 1. The summed E-state index contributed by atoms with van der Waals surface area (Å²) >= 11 is 0. The van der Waals surface area contributed by atoms with Gasteiger partial charge in [-0.05, 0) is 18.6 Å². The van der Waals surface area contributed by atoms with E-state index in [-0.39, 0.29) is 5.56 Å². The van der Waals surface area contributed by atoms with Crippen LogP contribution in [0.4, 0.5) is 0 Å². The van der Waals surface area contributed by atoms with Gasteiger partial charge in [-0.2, -0.15) is 5.10 Å². The average Bonchev–Trinajstić information content (AvgIpc) is 2.82. The molecule has 0 aliphatic carbocycles. The number of carbonyl (C=O) groups is 1. The van der Waals surface area contributed by atoms with E-state index in [0.717, 1.165) is 5.56 Å². The molecule has 0 atom stereocenters. The average molecular weight is 267 g/mol. The Labute approximate surface area is 115 Å². The molecule has 0 fully saturated rings. The van der Waals surface area contributed by atoms with Gasteiger partial charge < -0.3 is 5.11 Å². The Bertz CT molecular complexity index is 778. The first kappa shape index (κ1) is 12.3. The van der Waals surface area contributed by atoms with Gasteiger partial charge in [0.05, 0.1) is 23.7 Å². The van der Waals surface area contributed by atoms with E-state index in [9.17, 15) is 9.90 Å². The summed E-state index contributed by atoms with van der Waals surface area (Å²) in [6.45, 7) is 2.35. The van der Waals surface area contributed by atoms with Crippen LogP contribution in [-0.2, 0) is 6.54 Å². The van der Waals surface area contributed by atoms with Crippen molar-refractivity contribution in [3.05, 3.63) is 59.4 Å². The molecule has 3 rings (SSSR count). The Balaban J connectivity index is 2.12. The normalized spacial score (nSPS) is 10.8. The predicted octanol–water partition coefficient (Wildman–Crippen LogP) is 2.49. The fourth-order valence-corrected chi connectivity index (χ4v) is 2.22. The SMILES string of the molecule is Cc1cc(C(=O)O)c2cnn(Cc3ccccc3)c2n1. The van der Waals surface area contributed by atoms with Gasteiger partial charge in [0.25, 0.3) is 0 Å². The third-order valence-electron chi connectivity index (χ3n) is 3.14. The monoisotopic (exact) mass is 267 g/mol. The number of rotatable bonds is 3. The van der Waals surface area contributed by atoms with Crippen molar-refractivity contribution in [2.75, 3.05) is 0 Å². The summed E-state index contributed by atoms with van der Waals surface area (Å²) < 4.78 is 1.73. The van der Waals surface area contributed by atoms with Gasteiger partial charge in [-0.3, -0.25) is 0 Å². The number of hydrogen-bond donors (Lipinski definition) is 1. The van der Waals surface area contributed by atoms with Crippen LogP contribution >= 0.6 is 0 Å². The van der Waals surface area contributed by atoms with Crippen molar-refractivity contribution < 1.29 is 9.90 Å². The molecule has 0 bridgehead atoms. The maximum absolute atomic E-state index is 11.3. The highest BCUT2D eigenvalue weighted by Crippen LogP contribution is 2.19. The van der Waals surface area contributed by atoms with E-state index >= 15 is 0 Å². The van der Waals surface area contributed by atoms with Crippen molar-refractivity contribution in [1.29, 1.82) is 0 Å². The summed E-state index contributed by atoms with van der Waals surface area (Å²) in [6.07, 6.45) is 1.56. The molecular weight excluding hydrogens is 254 g/mol. The molecule has 2 aromatic heterocycles. The molecule has 0 aliphatic heterocycles. The molecule has 0 unspecified atom stereocenters. The van der Waals surface area contributed by atoms with Crippen LogP contribution in [0.2, 0.25) is 0 Å². The molecule has 0 amide bonds. The van der Waals surface area contributed by atoms with Crippen LogP contribution in [0.3, 0.4) is 0 Å². The molecule has 20 heavy (non-hydrogen) atoms. The second kappa shape index (κ2) is 4.77. The highest BCUT2D eigenvalue weighted by Gasteiger charge is 2.14. The number of aromatic carboxylic acids is 1. The summed E-state index contributed by atoms with van der Waals surface area (Å²) in [5, 5.41) is 14.1. The lowest BCUT2D eigenvalue weighted by Crippen LogP contribution is -2.04. The Hall–Kier alpha value is -2.69. The van der Waals surface area contributed by atoms with Crippen LogP contribution in [0.15, 0.2) is 42.6 Å². The number of pyridine rings is 1. The number of hydrogen-bond acceptors (Lipinski definition) is 3. The number of aromatic nitrogens is 3. The lowest BCUT2D eigenvalue weighted by Gasteiger charge is -2.05. The molecule has 5 nitrogen and oxygen atoms in total. The van der Waals surface area contributed by atoms with Crippen LogP contribution in [0, 0.1) is 6.92 Å². The number of fused-ring (bicyclic) bond motifs is 1. The summed E-state index contributed by atoms with van der Waals surface area (Å²) in [6, 6.07) is 11.4. The molecule has 2 heterocycles. The summed E-state index contributed by atoms with van der Waals surface area (Å²) in [7, 11) is 0. The minimum absolute atomic E-state index is 0.242. The third kappa shape index (κ3) is 2.14. The molecule has 0 aliphatic rings. The maximum atomic E-state index is 11.3. The third-order valence-corrected chi connectivity index (χ3v) is 3.14. The molecule has 3 aromatic rings. The van der Waals surface area contributed by atoms with Crippen molar-refractivity contribution in [2.24, 2.45) is 0 Å². The van der Waals surface area contributed by atoms with Crippen LogP contribution in [0.5, 0.6) is 0 Å². The first-order valence-electron chi connectivity index (χ1n) is 6.25. The van der Waals surface area contributed by atoms with E-state index in [0.29, 0.717) is 23.3 Å². The smallest absolute Gasteiger partial charge is 0.336 e. The Kier molecular flexibility index (Phi) is 2.95. The standard InChI is InChI=1S/C15H13N3O2/c1-10-7-12(15(19)20)13-8-16-18(14(13)17-10)9-11-5-3-2-4-6-11/h2-8H,9H2,1H3,(H,19,20). The molecule has 1 aromatic carbocycles. The highest BCUT2D eigenvalue weighted by atomic mass is 16.4. The van der Waals surface area contributed by atoms with Gasteiger partial charge in [-0.15, -0.1) is 0 Å². The Morgan fingerprint density at radius 2 is 2.05 bits per heavy atom. The van der Waals surface area contributed by atoms with Gasteiger partial charge in [0.1, 0.15) is 0 Å². The molecule has 1 N–H and O–H groups in total. The maximum Gasteiger partial charge on any atom is 0.336 e. The second-order valence-corrected chi connectivity index (χ2v) is 4.64. The lowest BCUT2D eigenvalue weighted by atomic mass is 10.1. The minimum atomic E-state index is -0.959. The number of carboxylic acids is 1. The number of nitrogens with zero attached hydrogens (tertiary/aromatic N) is 3. The van der Waals surface area contributed by atoms with Gasteiger partial charge in [-0.25, -0.2) is 14.5 Å². The van der Waals surface area contributed by atoms with E-state index in [1.165, 1.54) is 0 Å². The zero-order valence-corrected chi connectivity index (χ0v) is 10.9. The topological polar surface area (TPSA) is 68.0 Å². The quantitative estimate of drug-likeness (QED) is 0.791. The predicted molar refractivity (Wildman–Crippen MR) is 74.8 cm³/mol. The van der Waals surface area contributed by atoms with E-state index < -0.39 is 5.97 Å². The molecule has 100 valence electrons. The van der Waals surface area contributed by atoms with Crippen molar-refractivity contribution in [3.8, 4) is 0 Å². The number of carboxylic acid groups (broad SMARTS) is 1. The molecule has 0 radical (unpaired) electrons. The molecule has 0 saturated heterocycles. The first-order valence-corrected chi connectivity index (χ1v) is 6.25. The Morgan fingerprint density at radius 1 is 1.30 bits per heavy atom. The van der Waals surface area contributed by atoms with Gasteiger partial charge >= 0.3 is 5.97 Å². The van der Waals surface area contributed by atoms with Crippen molar-refractivity contribution in [2.45, 2.75) is 13.5 Å². The van der Waals surface area contributed by atoms with Crippen LogP contribution in [0.25, 0.3) is 11.0 Å². The zero-order valence-electron chi connectivity index (χ0n) is 10.9. The first-order chi connectivity index (χ1) is 9.65. The van der Waals surface area contributed by atoms with E-state index in [1.807, 2.05) is 30.3 Å². The summed E-state index contributed by atoms with van der Waals surface area (Å²) in [4.78, 5) is 15.7. The van der Waals surface area contributed by atoms with Gasteiger partial charge in [0.2, 0.25) is 0 Å². The van der Waals surface area contributed by atoms with Crippen LogP contribution < -0.4 is 0 Å².